The Bertz CT molecular complexity index is 751. The third kappa shape index (κ3) is 5.80. The van der Waals surface area contributed by atoms with E-state index in [1.807, 2.05) is 10.8 Å². The van der Waals surface area contributed by atoms with Crippen LogP contribution in [0.15, 0.2) is 42.9 Å². The number of nitro groups is 1. The van der Waals surface area contributed by atoms with E-state index in [0.29, 0.717) is 29.5 Å². The van der Waals surface area contributed by atoms with Crippen molar-refractivity contribution in [3.05, 3.63) is 53.0 Å². The summed E-state index contributed by atoms with van der Waals surface area (Å²) in [4.78, 5) is 14.4. The SMILES string of the molecule is COc1cc(N/C(=C/[N+](=O)[O-])NCCCn2ccnc2)cc(OC)c1OC. The van der Waals surface area contributed by atoms with Gasteiger partial charge in [0.05, 0.1) is 32.6 Å². The van der Waals surface area contributed by atoms with Crippen molar-refractivity contribution in [3.8, 4) is 17.2 Å². The van der Waals surface area contributed by atoms with Gasteiger partial charge in [0, 0.05) is 43.3 Å². The molecule has 0 unspecified atom stereocenters. The quantitative estimate of drug-likeness (QED) is 0.348. The molecule has 0 fully saturated rings. The fraction of sp³-hybridized carbons (Fsp3) is 0.353. The lowest BCUT2D eigenvalue weighted by Gasteiger charge is -2.16. The van der Waals surface area contributed by atoms with Crippen LogP contribution in [0.4, 0.5) is 5.69 Å². The number of benzene rings is 1. The van der Waals surface area contributed by atoms with Gasteiger partial charge < -0.3 is 29.4 Å². The molecule has 0 aliphatic heterocycles. The molecule has 1 heterocycles. The van der Waals surface area contributed by atoms with Crippen LogP contribution in [0.25, 0.3) is 0 Å². The van der Waals surface area contributed by atoms with Crippen molar-refractivity contribution < 1.29 is 19.1 Å². The second kappa shape index (κ2) is 9.90. The van der Waals surface area contributed by atoms with E-state index in [-0.39, 0.29) is 5.82 Å². The fourth-order valence-corrected chi connectivity index (χ4v) is 2.44. The largest absolute Gasteiger partial charge is 0.493 e. The van der Waals surface area contributed by atoms with Crippen molar-refractivity contribution in [2.75, 3.05) is 33.2 Å². The molecule has 0 aliphatic carbocycles. The predicted molar refractivity (Wildman–Crippen MR) is 99.6 cm³/mol. The molecule has 1 aromatic heterocycles. The van der Waals surface area contributed by atoms with E-state index in [0.717, 1.165) is 19.2 Å². The number of imidazole rings is 1. The minimum atomic E-state index is -0.525. The summed E-state index contributed by atoms with van der Waals surface area (Å²) in [6.07, 6.45) is 6.93. The summed E-state index contributed by atoms with van der Waals surface area (Å²) in [5.41, 5.74) is 0.555. The maximum absolute atomic E-state index is 10.9. The lowest BCUT2D eigenvalue weighted by atomic mass is 10.2. The summed E-state index contributed by atoms with van der Waals surface area (Å²) in [7, 11) is 4.51. The highest BCUT2D eigenvalue weighted by Gasteiger charge is 2.14. The molecule has 2 aromatic rings. The molecule has 0 saturated carbocycles. The maximum Gasteiger partial charge on any atom is 0.274 e. The zero-order valence-corrected chi connectivity index (χ0v) is 15.5. The van der Waals surface area contributed by atoms with Crippen LogP contribution >= 0.6 is 0 Å². The Morgan fingerprint density at radius 1 is 1.26 bits per heavy atom. The first-order chi connectivity index (χ1) is 13.1. The fourth-order valence-electron chi connectivity index (χ4n) is 2.44. The summed E-state index contributed by atoms with van der Waals surface area (Å²) in [5.74, 6) is 1.58. The first-order valence-corrected chi connectivity index (χ1v) is 8.19. The van der Waals surface area contributed by atoms with Gasteiger partial charge in [0.25, 0.3) is 6.20 Å². The van der Waals surface area contributed by atoms with Gasteiger partial charge in [-0.05, 0) is 6.42 Å². The highest BCUT2D eigenvalue weighted by atomic mass is 16.6. The number of hydrogen-bond donors (Lipinski definition) is 2. The molecule has 2 rings (SSSR count). The first-order valence-electron chi connectivity index (χ1n) is 8.19. The highest BCUT2D eigenvalue weighted by molar-refractivity contribution is 5.63. The molecule has 10 nitrogen and oxygen atoms in total. The van der Waals surface area contributed by atoms with E-state index < -0.39 is 4.92 Å². The number of aromatic nitrogens is 2. The van der Waals surface area contributed by atoms with E-state index in [9.17, 15) is 10.1 Å². The van der Waals surface area contributed by atoms with E-state index in [1.54, 1.807) is 24.7 Å². The van der Waals surface area contributed by atoms with Crippen LogP contribution < -0.4 is 24.8 Å². The minimum absolute atomic E-state index is 0.250. The van der Waals surface area contributed by atoms with Gasteiger partial charge in [-0.1, -0.05) is 0 Å². The number of ether oxygens (including phenoxy) is 3. The molecule has 1 aromatic carbocycles. The van der Waals surface area contributed by atoms with Crippen LogP contribution in [0.5, 0.6) is 17.2 Å². The molecular formula is C17H23N5O5. The summed E-state index contributed by atoms with van der Waals surface area (Å²) in [6, 6.07) is 3.34. The van der Waals surface area contributed by atoms with Crippen LogP contribution in [0.2, 0.25) is 0 Å². The summed E-state index contributed by atoms with van der Waals surface area (Å²) < 4.78 is 17.8. The van der Waals surface area contributed by atoms with Crippen LogP contribution in [0.1, 0.15) is 6.42 Å². The molecular weight excluding hydrogens is 354 g/mol. The number of nitrogens with one attached hydrogen (secondary N) is 2. The Hall–Kier alpha value is -3.43. The molecule has 0 atom stereocenters. The van der Waals surface area contributed by atoms with Gasteiger partial charge in [0.15, 0.2) is 17.3 Å². The van der Waals surface area contributed by atoms with Gasteiger partial charge in [-0.25, -0.2) is 4.98 Å². The number of methoxy groups -OCH3 is 3. The average Bonchev–Trinajstić information content (AvgIpc) is 3.17. The molecule has 0 bridgehead atoms. The molecule has 0 spiro atoms. The predicted octanol–water partition coefficient (Wildman–Crippen LogP) is 2.08. The standard InChI is InChI=1S/C17H23N5O5/c1-25-14-9-13(10-15(26-2)17(14)27-3)20-16(11-22(23)24)19-5-4-7-21-8-6-18-12-21/h6,8-12,19-20H,4-5,7H2,1-3H3/b16-11+. The molecule has 0 radical (unpaired) electrons. The van der Waals surface area contributed by atoms with Gasteiger partial charge in [-0.3, -0.25) is 10.1 Å². The Morgan fingerprint density at radius 3 is 2.48 bits per heavy atom. The van der Waals surface area contributed by atoms with Gasteiger partial charge in [0.2, 0.25) is 5.75 Å². The molecule has 146 valence electrons. The topological polar surface area (TPSA) is 113 Å². The van der Waals surface area contributed by atoms with E-state index >= 15 is 0 Å². The van der Waals surface area contributed by atoms with Crippen LogP contribution in [-0.2, 0) is 6.54 Å². The highest BCUT2D eigenvalue weighted by Crippen LogP contribution is 2.40. The minimum Gasteiger partial charge on any atom is -0.493 e. The Kier molecular flexibility index (Phi) is 7.29. The van der Waals surface area contributed by atoms with Crippen molar-refractivity contribution in [2.24, 2.45) is 0 Å². The van der Waals surface area contributed by atoms with Crippen molar-refractivity contribution in [1.82, 2.24) is 14.9 Å². The van der Waals surface area contributed by atoms with E-state index in [1.165, 1.54) is 21.3 Å². The van der Waals surface area contributed by atoms with Gasteiger partial charge in [-0.2, -0.15) is 0 Å². The van der Waals surface area contributed by atoms with Crippen LogP contribution in [0.3, 0.4) is 0 Å². The third-order valence-corrected chi connectivity index (χ3v) is 3.65. The number of hydrogen-bond acceptors (Lipinski definition) is 8. The van der Waals surface area contributed by atoms with Crippen molar-refractivity contribution in [2.45, 2.75) is 13.0 Å². The lowest BCUT2D eigenvalue weighted by Crippen LogP contribution is -2.23. The zero-order chi connectivity index (χ0) is 19.6. The van der Waals surface area contributed by atoms with E-state index in [4.69, 9.17) is 14.2 Å². The number of nitrogens with zero attached hydrogens (tertiary/aromatic N) is 3. The van der Waals surface area contributed by atoms with E-state index in [2.05, 4.69) is 15.6 Å². The maximum atomic E-state index is 10.9. The second-order valence-electron chi connectivity index (χ2n) is 5.45. The normalized spacial score (nSPS) is 11.0. The summed E-state index contributed by atoms with van der Waals surface area (Å²) >= 11 is 0. The Labute approximate surface area is 156 Å². The van der Waals surface area contributed by atoms with Crippen molar-refractivity contribution in [1.29, 1.82) is 0 Å². The first kappa shape index (κ1) is 19.9. The summed E-state index contributed by atoms with van der Waals surface area (Å²) in [6.45, 7) is 1.29. The van der Waals surface area contributed by atoms with Gasteiger partial charge in [0.1, 0.15) is 0 Å². The third-order valence-electron chi connectivity index (χ3n) is 3.65. The number of aryl methyl sites for hydroxylation is 1. The van der Waals surface area contributed by atoms with Crippen LogP contribution in [-0.4, -0.2) is 42.3 Å². The smallest absolute Gasteiger partial charge is 0.274 e. The van der Waals surface area contributed by atoms with Crippen molar-refractivity contribution >= 4 is 5.69 Å². The number of anilines is 1. The second-order valence-corrected chi connectivity index (χ2v) is 5.45. The van der Waals surface area contributed by atoms with Crippen molar-refractivity contribution in [3.63, 3.8) is 0 Å². The average molecular weight is 377 g/mol. The molecule has 2 N–H and O–H groups in total. The molecule has 0 saturated heterocycles. The lowest BCUT2D eigenvalue weighted by molar-refractivity contribution is -0.403. The Balaban J connectivity index is 2.07. The van der Waals surface area contributed by atoms with Crippen LogP contribution in [0, 0.1) is 10.1 Å². The number of rotatable bonds is 11. The molecule has 27 heavy (non-hydrogen) atoms. The summed E-state index contributed by atoms with van der Waals surface area (Å²) in [5, 5.41) is 16.9. The molecule has 10 heteroatoms. The Morgan fingerprint density at radius 2 is 1.96 bits per heavy atom. The zero-order valence-electron chi connectivity index (χ0n) is 15.5. The van der Waals surface area contributed by atoms with Gasteiger partial charge >= 0.3 is 0 Å². The van der Waals surface area contributed by atoms with Gasteiger partial charge in [-0.15, -0.1) is 0 Å². The monoisotopic (exact) mass is 377 g/mol. The molecule has 0 aliphatic rings. The molecule has 0 amide bonds.